The lowest BCUT2D eigenvalue weighted by Gasteiger charge is -2.04. The molecule has 0 unspecified atom stereocenters. The summed E-state index contributed by atoms with van der Waals surface area (Å²) in [5.41, 5.74) is 5.61. The van der Waals surface area contributed by atoms with Crippen LogP contribution in [0.25, 0.3) is 10.9 Å². The lowest BCUT2D eigenvalue weighted by atomic mass is 10.2. The molecule has 0 atom stereocenters. The summed E-state index contributed by atoms with van der Waals surface area (Å²) >= 11 is 0. The van der Waals surface area contributed by atoms with Gasteiger partial charge >= 0.3 is 0 Å². The van der Waals surface area contributed by atoms with Crippen LogP contribution in [-0.2, 0) is 0 Å². The SMILES string of the molecule is Fc1ccc(C=NNc2ccnc3ccccc23)cc1. The van der Waals surface area contributed by atoms with Crippen molar-refractivity contribution in [1.29, 1.82) is 0 Å². The normalized spacial score (nSPS) is 11.1. The van der Waals surface area contributed by atoms with Crippen LogP contribution >= 0.6 is 0 Å². The Hall–Kier alpha value is -2.75. The zero-order valence-electron chi connectivity index (χ0n) is 10.6. The topological polar surface area (TPSA) is 37.3 Å². The summed E-state index contributed by atoms with van der Waals surface area (Å²) in [6.45, 7) is 0. The number of benzene rings is 2. The second kappa shape index (κ2) is 5.48. The zero-order chi connectivity index (χ0) is 13.8. The first-order chi connectivity index (χ1) is 9.83. The summed E-state index contributed by atoms with van der Waals surface area (Å²) in [6.07, 6.45) is 3.38. The van der Waals surface area contributed by atoms with Crippen molar-refractivity contribution in [2.75, 3.05) is 5.43 Å². The highest BCUT2D eigenvalue weighted by atomic mass is 19.1. The van der Waals surface area contributed by atoms with Crippen molar-refractivity contribution in [3.8, 4) is 0 Å². The van der Waals surface area contributed by atoms with Gasteiger partial charge in [-0.25, -0.2) is 4.39 Å². The van der Waals surface area contributed by atoms with Crippen LogP contribution in [0.4, 0.5) is 10.1 Å². The van der Waals surface area contributed by atoms with Crippen LogP contribution in [0.5, 0.6) is 0 Å². The molecule has 0 saturated carbocycles. The lowest BCUT2D eigenvalue weighted by Crippen LogP contribution is -1.92. The van der Waals surface area contributed by atoms with E-state index in [0.29, 0.717) is 0 Å². The second-order valence-electron chi connectivity index (χ2n) is 4.30. The van der Waals surface area contributed by atoms with Crippen LogP contribution in [0.1, 0.15) is 5.56 Å². The summed E-state index contributed by atoms with van der Waals surface area (Å²) in [7, 11) is 0. The largest absolute Gasteiger partial charge is 0.278 e. The molecule has 0 aliphatic carbocycles. The third kappa shape index (κ3) is 2.64. The standard InChI is InChI=1S/C16H12FN3/c17-13-7-5-12(6-8-13)11-19-20-16-9-10-18-15-4-2-1-3-14(15)16/h1-11H,(H,18,20). The maximum Gasteiger partial charge on any atom is 0.123 e. The molecule has 1 N–H and O–H groups in total. The summed E-state index contributed by atoms with van der Waals surface area (Å²) in [4.78, 5) is 4.28. The smallest absolute Gasteiger partial charge is 0.123 e. The zero-order valence-corrected chi connectivity index (χ0v) is 10.6. The minimum absolute atomic E-state index is 0.254. The molecule has 0 aliphatic rings. The Morgan fingerprint density at radius 2 is 1.80 bits per heavy atom. The molecule has 1 heterocycles. The van der Waals surface area contributed by atoms with Gasteiger partial charge in [-0.3, -0.25) is 10.4 Å². The third-order valence-electron chi connectivity index (χ3n) is 2.92. The van der Waals surface area contributed by atoms with E-state index in [1.807, 2.05) is 30.3 Å². The van der Waals surface area contributed by atoms with Crippen molar-refractivity contribution in [2.45, 2.75) is 0 Å². The number of halogens is 1. The number of aromatic nitrogens is 1. The van der Waals surface area contributed by atoms with Crippen LogP contribution in [0, 0.1) is 5.82 Å². The molecule has 0 saturated heterocycles. The van der Waals surface area contributed by atoms with Crippen molar-refractivity contribution in [2.24, 2.45) is 5.10 Å². The van der Waals surface area contributed by atoms with Crippen LogP contribution in [0.15, 0.2) is 65.9 Å². The molecule has 0 fully saturated rings. The van der Waals surface area contributed by atoms with Crippen LogP contribution in [-0.4, -0.2) is 11.2 Å². The van der Waals surface area contributed by atoms with Gasteiger partial charge in [-0.1, -0.05) is 30.3 Å². The minimum atomic E-state index is -0.254. The number of para-hydroxylation sites is 1. The molecule has 2 aromatic carbocycles. The number of pyridine rings is 1. The molecule has 98 valence electrons. The van der Waals surface area contributed by atoms with E-state index >= 15 is 0 Å². The monoisotopic (exact) mass is 265 g/mol. The number of rotatable bonds is 3. The van der Waals surface area contributed by atoms with E-state index < -0.39 is 0 Å². The molecule has 0 aliphatic heterocycles. The molecule has 3 rings (SSSR count). The number of hydrazone groups is 1. The fraction of sp³-hybridized carbons (Fsp3) is 0. The summed E-state index contributed by atoms with van der Waals surface area (Å²) in [6, 6.07) is 15.9. The molecular weight excluding hydrogens is 253 g/mol. The van der Waals surface area contributed by atoms with Gasteiger partial charge in [-0.05, 0) is 29.8 Å². The predicted octanol–water partition coefficient (Wildman–Crippen LogP) is 3.82. The number of hydrogen-bond donors (Lipinski definition) is 1. The van der Waals surface area contributed by atoms with Gasteiger partial charge in [0.15, 0.2) is 0 Å². The van der Waals surface area contributed by atoms with E-state index in [1.54, 1.807) is 24.5 Å². The first kappa shape index (κ1) is 12.3. The highest BCUT2D eigenvalue weighted by molar-refractivity contribution is 5.91. The van der Waals surface area contributed by atoms with Crippen molar-refractivity contribution in [1.82, 2.24) is 4.98 Å². The molecule has 0 bridgehead atoms. The van der Waals surface area contributed by atoms with Crippen molar-refractivity contribution in [3.05, 3.63) is 72.2 Å². The fourth-order valence-electron chi connectivity index (χ4n) is 1.92. The fourth-order valence-corrected chi connectivity index (χ4v) is 1.92. The Balaban J connectivity index is 1.81. The van der Waals surface area contributed by atoms with E-state index in [4.69, 9.17) is 0 Å². The molecule has 0 amide bonds. The molecule has 0 spiro atoms. The highest BCUT2D eigenvalue weighted by Gasteiger charge is 1.98. The Kier molecular flexibility index (Phi) is 3.37. The predicted molar refractivity (Wildman–Crippen MR) is 79.4 cm³/mol. The Morgan fingerprint density at radius 1 is 1.00 bits per heavy atom. The van der Waals surface area contributed by atoms with Gasteiger partial charge in [0.05, 0.1) is 17.4 Å². The van der Waals surface area contributed by atoms with E-state index in [9.17, 15) is 4.39 Å². The minimum Gasteiger partial charge on any atom is -0.278 e. The lowest BCUT2D eigenvalue weighted by molar-refractivity contribution is 0.628. The van der Waals surface area contributed by atoms with Crippen LogP contribution in [0.2, 0.25) is 0 Å². The number of nitrogens with zero attached hydrogens (tertiary/aromatic N) is 2. The molecule has 4 heteroatoms. The maximum absolute atomic E-state index is 12.8. The first-order valence-corrected chi connectivity index (χ1v) is 6.21. The number of hydrogen-bond acceptors (Lipinski definition) is 3. The Labute approximate surface area is 115 Å². The maximum atomic E-state index is 12.8. The highest BCUT2D eigenvalue weighted by Crippen LogP contribution is 2.20. The second-order valence-corrected chi connectivity index (χ2v) is 4.30. The van der Waals surface area contributed by atoms with Gasteiger partial charge < -0.3 is 0 Å². The van der Waals surface area contributed by atoms with Gasteiger partial charge in [0, 0.05) is 11.6 Å². The Morgan fingerprint density at radius 3 is 2.65 bits per heavy atom. The van der Waals surface area contributed by atoms with Crippen LogP contribution < -0.4 is 5.43 Å². The van der Waals surface area contributed by atoms with Gasteiger partial charge in [0.1, 0.15) is 5.82 Å². The van der Waals surface area contributed by atoms with Gasteiger partial charge in [0.25, 0.3) is 0 Å². The van der Waals surface area contributed by atoms with E-state index in [1.165, 1.54) is 12.1 Å². The number of anilines is 1. The molecule has 1 aromatic heterocycles. The number of nitrogens with one attached hydrogen (secondary N) is 1. The van der Waals surface area contributed by atoms with Crippen molar-refractivity contribution < 1.29 is 4.39 Å². The van der Waals surface area contributed by atoms with Crippen molar-refractivity contribution >= 4 is 22.8 Å². The molecular formula is C16H12FN3. The Bertz CT molecular complexity index is 746. The first-order valence-electron chi connectivity index (χ1n) is 6.21. The van der Waals surface area contributed by atoms with E-state index in [2.05, 4.69) is 15.5 Å². The average molecular weight is 265 g/mol. The van der Waals surface area contributed by atoms with Crippen LogP contribution in [0.3, 0.4) is 0 Å². The average Bonchev–Trinajstić information content (AvgIpc) is 2.49. The molecule has 3 nitrogen and oxygen atoms in total. The molecule has 3 aromatic rings. The molecule has 0 radical (unpaired) electrons. The molecule has 20 heavy (non-hydrogen) atoms. The quantitative estimate of drug-likeness (QED) is 0.577. The summed E-state index contributed by atoms with van der Waals surface area (Å²) in [5, 5.41) is 5.17. The third-order valence-corrected chi connectivity index (χ3v) is 2.92. The van der Waals surface area contributed by atoms with Gasteiger partial charge in [0.2, 0.25) is 0 Å². The summed E-state index contributed by atoms with van der Waals surface area (Å²) in [5.74, 6) is -0.254. The summed E-state index contributed by atoms with van der Waals surface area (Å²) < 4.78 is 12.8. The number of fused-ring (bicyclic) bond motifs is 1. The van der Waals surface area contributed by atoms with Gasteiger partial charge in [-0.15, -0.1) is 0 Å². The van der Waals surface area contributed by atoms with Crippen molar-refractivity contribution in [3.63, 3.8) is 0 Å². The van der Waals surface area contributed by atoms with E-state index in [-0.39, 0.29) is 5.82 Å². The van der Waals surface area contributed by atoms with Gasteiger partial charge in [-0.2, -0.15) is 5.10 Å². The van der Waals surface area contributed by atoms with E-state index in [0.717, 1.165) is 22.2 Å².